The first-order valence-electron chi connectivity index (χ1n) is 6.34. The van der Waals surface area contributed by atoms with Gasteiger partial charge in [0.05, 0.1) is 0 Å². The van der Waals surface area contributed by atoms with Gasteiger partial charge in [-0.3, -0.25) is 4.72 Å². The molecular formula is C14H17BrN2O3S. The molecule has 1 aromatic heterocycles. The largest absolute Gasteiger partial charge is 0.465 e. The van der Waals surface area contributed by atoms with Crippen LogP contribution in [0.5, 0.6) is 0 Å². The lowest BCUT2D eigenvalue weighted by atomic mass is 10.2. The zero-order valence-corrected chi connectivity index (χ0v) is 14.4. The van der Waals surface area contributed by atoms with Crippen molar-refractivity contribution in [1.29, 1.82) is 0 Å². The predicted molar refractivity (Wildman–Crippen MR) is 85.8 cm³/mol. The molecule has 0 fully saturated rings. The van der Waals surface area contributed by atoms with E-state index in [1.165, 1.54) is 0 Å². The highest BCUT2D eigenvalue weighted by molar-refractivity contribution is 9.10. The summed E-state index contributed by atoms with van der Waals surface area (Å²) in [6.45, 7) is 5.36. The molecule has 2 rings (SSSR count). The van der Waals surface area contributed by atoms with Crippen LogP contribution in [0.15, 0.2) is 32.0 Å². The molecule has 2 aromatic rings. The third kappa shape index (κ3) is 3.14. The van der Waals surface area contributed by atoms with Crippen LogP contribution in [0.3, 0.4) is 0 Å². The van der Waals surface area contributed by atoms with E-state index in [1.807, 2.05) is 13.0 Å². The molecule has 5 nitrogen and oxygen atoms in total. The number of halogens is 1. The molecule has 0 atom stereocenters. The van der Waals surface area contributed by atoms with E-state index in [0.717, 1.165) is 10.0 Å². The van der Waals surface area contributed by atoms with Crippen molar-refractivity contribution in [3.8, 4) is 0 Å². The normalized spacial score (nSPS) is 11.7. The van der Waals surface area contributed by atoms with Crippen molar-refractivity contribution in [2.45, 2.75) is 32.2 Å². The molecular weight excluding hydrogens is 356 g/mol. The minimum atomic E-state index is -3.74. The van der Waals surface area contributed by atoms with Gasteiger partial charge in [-0.25, -0.2) is 8.42 Å². The van der Waals surface area contributed by atoms with E-state index in [9.17, 15) is 8.42 Å². The van der Waals surface area contributed by atoms with Gasteiger partial charge in [-0.15, -0.1) is 0 Å². The average Bonchev–Trinajstić information content (AvgIpc) is 2.68. The third-order valence-electron chi connectivity index (χ3n) is 3.22. The first-order chi connectivity index (χ1) is 9.76. The molecule has 7 heteroatoms. The van der Waals surface area contributed by atoms with Crippen LogP contribution in [-0.2, 0) is 16.6 Å². The van der Waals surface area contributed by atoms with E-state index < -0.39 is 10.0 Å². The SMILES string of the molecule is Cc1ccc(NS(=O)(=O)c2c(C)oc(C)c2CN)cc1Br. The van der Waals surface area contributed by atoms with Gasteiger partial charge in [0, 0.05) is 22.3 Å². The Hall–Kier alpha value is -1.31. The number of anilines is 1. The van der Waals surface area contributed by atoms with E-state index >= 15 is 0 Å². The lowest BCUT2D eigenvalue weighted by Gasteiger charge is -2.10. The summed E-state index contributed by atoms with van der Waals surface area (Å²) in [5.74, 6) is 0.868. The van der Waals surface area contributed by atoms with E-state index in [2.05, 4.69) is 20.7 Å². The van der Waals surface area contributed by atoms with Crippen LogP contribution in [0.1, 0.15) is 22.6 Å². The summed E-state index contributed by atoms with van der Waals surface area (Å²) < 4.78 is 33.9. The van der Waals surface area contributed by atoms with Crippen molar-refractivity contribution in [3.05, 3.63) is 45.3 Å². The molecule has 21 heavy (non-hydrogen) atoms. The lowest BCUT2D eigenvalue weighted by Crippen LogP contribution is -2.16. The Morgan fingerprint density at radius 3 is 2.48 bits per heavy atom. The van der Waals surface area contributed by atoms with Crippen LogP contribution >= 0.6 is 15.9 Å². The smallest absolute Gasteiger partial charge is 0.265 e. The highest BCUT2D eigenvalue weighted by Gasteiger charge is 2.26. The zero-order valence-electron chi connectivity index (χ0n) is 12.0. The fourth-order valence-electron chi connectivity index (χ4n) is 2.16. The van der Waals surface area contributed by atoms with Gasteiger partial charge < -0.3 is 10.2 Å². The number of nitrogens with one attached hydrogen (secondary N) is 1. The molecule has 114 valence electrons. The maximum Gasteiger partial charge on any atom is 0.265 e. The number of hydrogen-bond acceptors (Lipinski definition) is 4. The molecule has 0 aliphatic heterocycles. The predicted octanol–water partition coefficient (Wildman–Crippen LogP) is 3.23. The van der Waals surface area contributed by atoms with Gasteiger partial charge in [0.25, 0.3) is 10.0 Å². The Morgan fingerprint density at radius 2 is 1.90 bits per heavy atom. The van der Waals surface area contributed by atoms with Crippen LogP contribution in [0.2, 0.25) is 0 Å². The monoisotopic (exact) mass is 372 g/mol. The van der Waals surface area contributed by atoms with Gasteiger partial charge in [-0.05, 0) is 38.5 Å². The number of sulfonamides is 1. The summed E-state index contributed by atoms with van der Waals surface area (Å²) >= 11 is 3.38. The Bertz CT molecular complexity index is 782. The topological polar surface area (TPSA) is 85.3 Å². The Labute approximate surface area is 132 Å². The Kier molecular flexibility index (Phi) is 4.46. The van der Waals surface area contributed by atoms with Crippen LogP contribution < -0.4 is 10.5 Å². The second-order valence-corrected chi connectivity index (χ2v) is 7.27. The molecule has 0 saturated heterocycles. The highest BCUT2D eigenvalue weighted by atomic mass is 79.9. The van der Waals surface area contributed by atoms with E-state index in [0.29, 0.717) is 22.8 Å². The van der Waals surface area contributed by atoms with Gasteiger partial charge in [0.1, 0.15) is 16.4 Å². The first-order valence-corrected chi connectivity index (χ1v) is 8.61. The number of aryl methyl sites for hydroxylation is 3. The van der Waals surface area contributed by atoms with Crippen molar-refractivity contribution < 1.29 is 12.8 Å². The first kappa shape index (κ1) is 16.1. The number of furan rings is 1. The molecule has 0 amide bonds. The van der Waals surface area contributed by atoms with Crippen molar-refractivity contribution in [2.75, 3.05) is 4.72 Å². The molecule has 3 N–H and O–H groups in total. The number of rotatable bonds is 4. The maximum absolute atomic E-state index is 12.6. The maximum atomic E-state index is 12.6. The van der Waals surface area contributed by atoms with Gasteiger partial charge in [0.2, 0.25) is 0 Å². The molecule has 0 radical (unpaired) electrons. The van der Waals surface area contributed by atoms with E-state index in [-0.39, 0.29) is 11.4 Å². The number of benzene rings is 1. The number of nitrogens with two attached hydrogens (primary N) is 1. The van der Waals surface area contributed by atoms with Crippen molar-refractivity contribution in [2.24, 2.45) is 5.73 Å². The van der Waals surface area contributed by atoms with E-state index in [1.54, 1.807) is 26.0 Å². The van der Waals surface area contributed by atoms with Crippen LogP contribution in [-0.4, -0.2) is 8.42 Å². The molecule has 0 saturated carbocycles. The zero-order chi connectivity index (χ0) is 15.8. The quantitative estimate of drug-likeness (QED) is 0.862. The summed E-state index contributed by atoms with van der Waals surface area (Å²) in [5, 5.41) is 0. The van der Waals surface area contributed by atoms with Crippen molar-refractivity contribution in [1.82, 2.24) is 0 Å². The Morgan fingerprint density at radius 1 is 1.24 bits per heavy atom. The van der Waals surface area contributed by atoms with Crippen molar-refractivity contribution >= 4 is 31.6 Å². The number of hydrogen-bond donors (Lipinski definition) is 2. The minimum absolute atomic E-state index is 0.108. The molecule has 0 unspecified atom stereocenters. The lowest BCUT2D eigenvalue weighted by molar-refractivity contribution is 0.494. The third-order valence-corrected chi connectivity index (χ3v) is 5.65. The highest BCUT2D eigenvalue weighted by Crippen LogP contribution is 2.29. The van der Waals surface area contributed by atoms with Gasteiger partial charge in [-0.1, -0.05) is 22.0 Å². The second-order valence-electron chi connectivity index (χ2n) is 4.80. The Balaban J connectivity index is 2.45. The summed E-state index contributed by atoms with van der Waals surface area (Å²) in [6, 6.07) is 5.26. The molecule has 1 aromatic carbocycles. The fraction of sp³-hybridized carbons (Fsp3) is 0.286. The van der Waals surface area contributed by atoms with Gasteiger partial charge in [0.15, 0.2) is 0 Å². The summed E-state index contributed by atoms with van der Waals surface area (Å²) in [5.41, 5.74) is 7.65. The fourth-order valence-corrected chi connectivity index (χ4v) is 4.05. The summed E-state index contributed by atoms with van der Waals surface area (Å²) in [6.07, 6.45) is 0. The molecule has 0 spiro atoms. The second kappa shape index (κ2) is 5.82. The molecule has 0 aliphatic rings. The average molecular weight is 373 g/mol. The van der Waals surface area contributed by atoms with Gasteiger partial charge in [-0.2, -0.15) is 0 Å². The summed E-state index contributed by atoms with van der Waals surface area (Å²) in [7, 11) is -3.74. The molecule has 1 heterocycles. The minimum Gasteiger partial charge on any atom is -0.465 e. The van der Waals surface area contributed by atoms with Crippen molar-refractivity contribution in [3.63, 3.8) is 0 Å². The van der Waals surface area contributed by atoms with Crippen LogP contribution in [0.4, 0.5) is 5.69 Å². The molecule has 0 bridgehead atoms. The summed E-state index contributed by atoms with van der Waals surface area (Å²) in [4.78, 5) is 0.124. The van der Waals surface area contributed by atoms with Crippen LogP contribution in [0, 0.1) is 20.8 Å². The standard InChI is InChI=1S/C14H17BrN2O3S/c1-8-4-5-11(6-13(8)15)17-21(18,19)14-10(3)20-9(2)12(14)7-16/h4-6,17H,7,16H2,1-3H3. The van der Waals surface area contributed by atoms with Crippen LogP contribution in [0.25, 0.3) is 0 Å². The van der Waals surface area contributed by atoms with Gasteiger partial charge >= 0.3 is 0 Å². The van der Waals surface area contributed by atoms with E-state index in [4.69, 9.17) is 10.2 Å². The molecule has 0 aliphatic carbocycles.